The summed E-state index contributed by atoms with van der Waals surface area (Å²) in [6.07, 6.45) is 9.72. The average molecular weight is 540 g/mol. The van der Waals surface area contributed by atoms with Crippen molar-refractivity contribution in [3.05, 3.63) is 10.2 Å². The average Bonchev–Trinajstić information content (AvgIpc) is 3.56. The van der Waals surface area contributed by atoms with Crippen LogP contribution in [0.3, 0.4) is 0 Å². The molecule has 0 aromatic carbocycles. The van der Waals surface area contributed by atoms with Crippen molar-refractivity contribution < 1.29 is 23.8 Å². The standard InChI is InChI=1S/C25H33IO5/c1-12(26)24(27)31-21-9-16-8-20(21)23-18-6-15(22(16)23)7-19(18)25(28)30-11-29-10-17-5-13-2-3-14(17)4-13/h13-23H,1-11H2. The molecule has 6 heteroatoms. The van der Waals surface area contributed by atoms with Crippen molar-refractivity contribution in [3.63, 3.8) is 0 Å². The van der Waals surface area contributed by atoms with Crippen LogP contribution in [0.5, 0.6) is 0 Å². The van der Waals surface area contributed by atoms with Crippen molar-refractivity contribution in [2.75, 3.05) is 13.4 Å². The molecule has 0 N–H and O–H groups in total. The van der Waals surface area contributed by atoms with Gasteiger partial charge >= 0.3 is 11.9 Å². The van der Waals surface area contributed by atoms with Crippen molar-refractivity contribution in [2.45, 2.75) is 57.5 Å². The van der Waals surface area contributed by atoms with Crippen molar-refractivity contribution in [2.24, 2.45) is 59.2 Å². The molecular formula is C25H33IO5. The summed E-state index contributed by atoms with van der Waals surface area (Å²) in [6, 6.07) is 0. The van der Waals surface area contributed by atoms with Gasteiger partial charge in [-0.05, 0) is 121 Å². The SMILES string of the molecule is C=C(I)C(=O)OC1CC2CC1C1C3CC(CC3C(=O)OCOCC3CC4CCC3C4)C21. The molecule has 170 valence electrons. The second-order valence-corrected chi connectivity index (χ2v) is 12.6. The predicted molar refractivity (Wildman–Crippen MR) is 122 cm³/mol. The maximum Gasteiger partial charge on any atom is 0.344 e. The van der Waals surface area contributed by atoms with Crippen molar-refractivity contribution in [1.82, 2.24) is 0 Å². The molecule has 0 heterocycles. The molecule has 11 unspecified atom stereocenters. The third kappa shape index (κ3) is 3.49. The minimum atomic E-state index is -0.276. The fourth-order valence-corrected chi connectivity index (χ4v) is 9.26. The van der Waals surface area contributed by atoms with Crippen LogP contribution in [0.2, 0.25) is 0 Å². The zero-order valence-corrected chi connectivity index (χ0v) is 20.2. The van der Waals surface area contributed by atoms with Crippen molar-refractivity contribution in [1.29, 1.82) is 0 Å². The largest absolute Gasteiger partial charge is 0.458 e. The zero-order valence-electron chi connectivity index (χ0n) is 18.0. The summed E-state index contributed by atoms with van der Waals surface area (Å²) in [5.74, 6) is 5.46. The predicted octanol–water partition coefficient (Wildman–Crippen LogP) is 4.73. The molecule has 6 aliphatic rings. The third-order valence-corrected chi connectivity index (χ3v) is 10.5. The first-order valence-electron chi connectivity index (χ1n) is 12.3. The van der Waals surface area contributed by atoms with Gasteiger partial charge in [0.05, 0.1) is 16.1 Å². The van der Waals surface area contributed by atoms with E-state index in [0.717, 1.165) is 50.0 Å². The van der Waals surface area contributed by atoms with Gasteiger partial charge in [0.25, 0.3) is 0 Å². The van der Waals surface area contributed by atoms with Crippen LogP contribution in [0.25, 0.3) is 0 Å². The highest BCUT2D eigenvalue weighted by molar-refractivity contribution is 14.1. The van der Waals surface area contributed by atoms with Crippen LogP contribution in [0, 0.1) is 59.2 Å². The molecule has 6 rings (SSSR count). The molecule has 11 atom stereocenters. The monoisotopic (exact) mass is 540 g/mol. The van der Waals surface area contributed by atoms with Crippen LogP contribution in [0.1, 0.15) is 51.4 Å². The molecule has 6 bridgehead atoms. The Balaban J connectivity index is 1.02. The van der Waals surface area contributed by atoms with Gasteiger partial charge in [0.15, 0.2) is 6.79 Å². The highest BCUT2D eigenvalue weighted by Crippen LogP contribution is 2.69. The van der Waals surface area contributed by atoms with E-state index in [-0.39, 0.29) is 30.8 Å². The van der Waals surface area contributed by atoms with Crippen LogP contribution in [0.15, 0.2) is 10.2 Å². The highest BCUT2D eigenvalue weighted by atomic mass is 127. The molecule has 0 amide bonds. The summed E-state index contributed by atoms with van der Waals surface area (Å²) in [6.45, 7) is 4.56. The van der Waals surface area contributed by atoms with E-state index in [4.69, 9.17) is 14.2 Å². The second kappa shape index (κ2) is 8.00. The van der Waals surface area contributed by atoms with Gasteiger partial charge in [0, 0.05) is 0 Å². The lowest BCUT2D eigenvalue weighted by Gasteiger charge is -2.40. The van der Waals surface area contributed by atoms with Gasteiger partial charge in [0.1, 0.15) is 6.10 Å². The van der Waals surface area contributed by atoms with Gasteiger partial charge in [-0.3, -0.25) is 4.79 Å². The summed E-state index contributed by atoms with van der Waals surface area (Å²) in [4.78, 5) is 25.0. The number of fused-ring (bicyclic) bond motifs is 11. The van der Waals surface area contributed by atoms with Gasteiger partial charge in [-0.2, -0.15) is 0 Å². The van der Waals surface area contributed by atoms with Crippen molar-refractivity contribution >= 4 is 34.5 Å². The first-order chi connectivity index (χ1) is 15.0. The number of carbonyl (C=O) groups excluding carboxylic acids is 2. The highest BCUT2D eigenvalue weighted by Gasteiger charge is 2.66. The van der Waals surface area contributed by atoms with Crippen LogP contribution < -0.4 is 0 Å². The van der Waals surface area contributed by atoms with Gasteiger partial charge in [-0.1, -0.05) is 13.0 Å². The van der Waals surface area contributed by atoms with Crippen LogP contribution >= 0.6 is 22.6 Å². The zero-order chi connectivity index (χ0) is 21.3. The van der Waals surface area contributed by atoms with E-state index in [1.54, 1.807) is 0 Å². The molecule has 0 spiro atoms. The summed E-state index contributed by atoms with van der Waals surface area (Å²) in [7, 11) is 0. The van der Waals surface area contributed by atoms with Crippen LogP contribution in [0.4, 0.5) is 0 Å². The minimum absolute atomic E-state index is 0.00589. The third-order valence-electron chi connectivity index (χ3n) is 10.0. The van der Waals surface area contributed by atoms with Gasteiger partial charge in [-0.15, -0.1) is 0 Å². The van der Waals surface area contributed by atoms with Crippen LogP contribution in [-0.2, 0) is 23.8 Å². The molecular weight excluding hydrogens is 507 g/mol. The fourth-order valence-electron chi connectivity index (χ4n) is 9.14. The molecule has 5 nitrogen and oxygen atoms in total. The van der Waals surface area contributed by atoms with Crippen molar-refractivity contribution in [3.8, 4) is 0 Å². The normalized spacial score (nSPS) is 48.2. The Kier molecular flexibility index (Phi) is 5.40. The first kappa shape index (κ1) is 20.9. The quantitative estimate of drug-likeness (QED) is 0.117. The lowest BCUT2D eigenvalue weighted by molar-refractivity contribution is -0.167. The van der Waals surface area contributed by atoms with E-state index in [0.29, 0.717) is 39.1 Å². The molecule has 0 aromatic heterocycles. The summed E-state index contributed by atoms with van der Waals surface area (Å²) >= 11 is 1.94. The Morgan fingerprint density at radius 3 is 2.45 bits per heavy atom. The topological polar surface area (TPSA) is 61.8 Å². The Morgan fingerprint density at radius 1 is 0.903 bits per heavy atom. The van der Waals surface area contributed by atoms with E-state index < -0.39 is 0 Å². The number of hydrogen-bond acceptors (Lipinski definition) is 5. The van der Waals surface area contributed by atoms with Gasteiger partial charge in [0.2, 0.25) is 0 Å². The summed E-state index contributed by atoms with van der Waals surface area (Å²) in [5, 5.41) is 0. The van der Waals surface area contributed by atoms with E-state index in [2.05, 4.69) is 6.58 Å². The molecule has 0 aliphatic heterocycles. The Bertz CT molecular complexity index is 782. The second-order valence-electron chi connectivity index (χ2n) is 11.3. The lowest BCUT2D eigenvalue weighted by Crippen LogP contribution is -2.41. The Morgan fingerprint density at radius 2 is 1.71 bits per heavy atom. The summed E-state index contributed by atoms with van der Waals surface area (Å²) < 4.78 is 17.6. The van der Waals surface area contributed by atoms with E-state index in [1.807, 2.05) is 22.6 Å². The number of halogens is 1. The number of hydrogen-bond donors (Lipinski definition) is 0. The molecule has 6 saturated carbocycles. The van der Waals surface area contributed by atoms with E-state index >= 15 is 0 Å². The fraction of sp³-hybridized carbons (Fsp3) is 0.840. The van der Waals surface area contributed by atoms with E-state index in [9.17, 15) is 9.59 Å². The molecule has 31 heavy (non-hydrogen) atoms. The molecule has 0 aromatic rings. The first-order valence-corrected chi connectivity index (χ1v) is 13.4. The maximum atomic E-state index is 12.9. The minimum Gasteiger partial charge on any atom is -0.458 e. The van der Waals surface area contributed by atoms with Gasteiger partial charge in [-0.25, -0.2) is 4.79 Å². The molecule has 6 fully saturated rings. The lowest BCUT2D eigenvalue weighted by atomic mass is 9.67. The number of carbonyl (C=O) groups is 2. The summed E-state index contributed by atoms with van der Waals surface area (Å²) in [5.41, 5.74) is 0. The Labute approximate surface area is 198 Å². The number of ether oxygens (including phenoxy) is 3. The number of rotatable bonds is 7. The molecule has 0 radical (unpaired) electrons. The van der Waals surface area contributed by atoms with E-state index in [1.165, 1.54) is 25.7 Å². The maximum absolute atomic E-state index is 12.9. The number of esters is 2. The molecule has 6 aliphatic carbocycles. The van der Waals surface area contributed by atoms with Gasteiger partial charge < -0.3 is 14.2 Å². The smallest absolute Gasteiger partial charge is 0.344 e. The molecule has 0 saturated heterocycles. The van der Waals surface area contributed by atoms with Crippen LogP contribution in [-0.4, -0.2) is 31.4 Å². The Hall–Kier alpha value is -0.630.